The molecule has 0 saturated carbocycles. The first kappa shape index (κ1) is 17.5. The molecule has 2 N–H and O–H groups in total. The molecule has 136 valence electrons. The number of fused-ring (bicyclic) bond motifs is 1. The van der Waals surface area contributed by atoms with Crippen molar-refractivity contribution in [1.29, 1.82) is 0 Å². The Hall–Kier alpha value is -2.96. The average molecular weight is 386 g/mol. The molecule has 1 aliphatic rings. The van der Waals surface area contributed by atoms with Crippen LogP contribution in [0.3, 0.4) is 0 Å². The van der Waals surface area contributed by atoms with Gasteiger partial charge in [0.15, 0.2) is 11.4 Å². The molecule has 0 saturated heterocycles. The maximum absolute atomic E-state index is 13.5. The summed E-state index contributed by atoms with van der Waals surface area (Å²) in [5.74, 6) is -1.53. The maximum Gasteiger partial charge on any atom is 0.261 e. The van der Waals surface area contributed by atoms with Gasteiger partial charge >= 0.3 is 0 Å². The highest BCUT2D eigenvalue weighted by atomic mass is 35.5. The van der Waals surface area contributed by atoms with Gasteiger partial charge in [0.05, 0.1) is 6.42 Å². The molecule has 3 aromatic rings. The fourth-order valence-corrected chi connectivity index (χ4v) is 3.19. The van der Waals surface area contributed by atoms with Crippen LogP contribution in [0.1, 0.15) is 22.5 Å². The summed E-state index contributed by atoms with van der Waals surface area (Å²) in [6, 6.07) is 13.5. The quantitative estimate of drug-likeness (QED) is 0.661. The zero-order valence-corrected chi connectivity index (χ0v) is 14.6. The third-order valence-corrected chi connectivity index (χ3v) is 4.73. The Balaban J connectivity index is 1.61. The summed E-state index contributed by atoms with van der Waals surface area (Å²) >= 11 is 5.85. The van der Waals surface area contributed by atoms with Crippen LogP contribution in [0.2, 0.25) is 5.02 Å². The van der Waals surface area contributed by atoms with Gasteiger partial charge in [-0.2, -0.15) is 0 Å². The number of Topliss-reactive ketones (excluding diaryl/α,β-unsaturated/α-hetero) is 1. The van der Waals surface area contributed by atoms with Crippen molar-refractivity contribution >= 4 is 29.0 Å². The third-order valence-electron chi connectivity index (χ3n) is 4.48. The fourth-order valence-electron chi connectivity index (χ4n) is 3.07. The summed E-state index contributed by atoms with van der Waals surface area (Å²) in [5, 5.41) is 13.8. The van der Waals surface area contributed by atoms with E-state index in [2.05, 4.69) is 5.32 Å². The number of halogens is 2. The molecule has 0 spiro atoms. The van der Waals surface area contributed by atoms with Crippen LogP contribution in [0.4, 0.5) is 10.1 Å². The number of benzene rings is 2. The molecule has 1 aromatic heterocycles. The molecule has 0 radical (unpaired) electrons. The number of anilines is 1. The van der Waals surface area contributed by atoms with E-state index in [1.165, 1.54) is 12.1 Å². The van der Waals surface area contributed by atoms with Gasteiger partial charge in [-0.3, -0.25) is 9.59 Å². The number of nitrogens with one attached hydrogen (secondary N) is 1. The van der Waals surface area contributed by atoms with Crippen LogP contribution in [0.5, 0.6) is 0 Å². The lowest BCUT2D eigenvalue weighted by atomic mass is 9.89. The Kier molecular flexibility index (Phi) is 4.09. The first-order valence-corrected chi connectivity index (χ1v) is 8.47. The Morgan fingerprint density at radius 1 is 1.15 bits per heavy atom. The summed E-state index contributed by atoms with van der Waals surface area (Å²) in [4.78, 5) is 24.8. The monoisotopic (exact) mass is 385 g/mol. The molecule has 1 atom stereocenters. The number of hydrogen-bond donors (Lipinski definition) is 2. The molecule has 2 aromatic carbocycles. The fraction of sp³-hybridized carbons (Fsp3) is 0.100. The van der Waals surface area contributed by atoms with Crippen molar-refractivity contribution in [1.82, 2.24) is 0 Å². The second-order valence-corrected chi connectivity index (χ2v) is 6.71. The molecule has 0 fully saturated rings. The van der Waals surface area contributed by atoms with Crippen molar-refractivity contribution in [3.05, 3.63) is 76.8 Å². The van der Waals surface area contributed by atoms with E-state index in [1.807, 2.05) is 0 Å². The normalized spacial score (nSPS) is 18.3. The second-order valence-electron chi connectivity index (χ2n) is 6.28. The smallest absolute Gasteiger partial charge is 0.261 e. The SMILES string of the molecule is O=C(C[C@]1(O)C(=O)Nc2ccc(F)cc21)c1ccc(-c2ccc(Cl)cc2)o1. The van der Waals surface area contributed by atoms with Crippen LogP contribution in [0, 0.1) is 5.82 Å². The standard InChI is InChI=1S/C20H13ClFNO4/c21-12-3-1-11(2-4-12)17-7-8-18(27-17)16(24)10-20(26)14-9-13(22)5-6-15(14)23-19(20)25/h1-9,26H,10H2,(H,23,25)/t20-/m1/s1. The summed E-state index contributed by atoms with van der Waals surface area (Å²) in [7, 11) is 0. The molecule has 4 rings (SSSR count). The highest BCUT2D eigenvalue weighted by molar-refractivity contribution is 6.30. The summed E-state index contributed by atoms with van der Waals surface area (Å²) in [5.41, 5.74) is -1.12. The molecule has 5 nitrogen and oxygen atoms in total. The second kappa shape index (κ2) is 6.33. The summed E-state index contributed by atoms with van der Waals surface area (Å²) in [6.45, 7) is 0. The van der Waals surface area contributed by atoms with Gasteiger partial charge in [0.1, 0.15) is 11.6 Å². The van der Waals surface area contributed by atoms with Crippen LogP contribution in [-0.4, -0.2) is 16.8 Å². The largest absolute Gasteiger partial charge is 0.453 e. The number of ketones is 1. The molecule has 0 aliphatic carbocycles. The van der Waals surface area contributed by atoms with E-state index < -0.39 is 29.5 Å². The Morgan fingerprint density at radius 2 is 1.89 bits per heavy atom. The Labute approximate surface area is 158 Å². The minimum atomic E-state index is -2.15. The van der Waals surface area contributed by atoms with Crippen molar-refractivity contribution in [2.45, 2.75) is 12.0 Å². The zero-order valence-electron chi connectivity index (χ0n) is 13.8. The minimum Gasteiger partial charge on any atom is -0.453 e. The number of hydrogen-bond acceptors (Lipinski definition) is 4. The molecular formula is C20H13ClFNO4. The number of rotatable bonds is 4. The molecule has 0 bridgehead atoms. The van der Waals surface area contributed by atoms with Crippen LogP contribution in [-0.2, 0) is 10.4 Å². The van der Waals surface area contributed by atoms with Crippen molar-refractivity contribution in [2.24, 2.45) is 0 Å². The van der Waals surface area contributed by atoms with Gasteiger partial charge in [-0.1, -0.05) is 11.6 Å². The highest BCUT2D eigenvalue weighted by Gasteiger charge is 2.47. The van der Waals surface area contributed by atoms with Crippen LogP contribution in [0.25, 0.3) is 11.3 Å². The summed E-state index contributed by atoms with van der Waals surface area (Å²) in [6.07, 6.45) is -0.567. The van der Waals surface area contributed by atoms with E-state index in [9.17, 15) is 19.1 Å². The van der Waals surface area contributed by atoms with E-state index in [-0.39, 0.29) is 17.0 Å². The molecule has 0 unspecified atom stereocenters. The van der Waals surface area contributed by atoms with E-state index in [0.717, 1.165) is 17.7 Å². The lowest BCUT2D eigenvalue weighted by Gasteiger charge is -2.19. The Bertz CT molecular complexity index is 1060. The van der Waals surface area contributed by atoms with Gasteiger partial charge < -0.3 is 14.8 Å². The first-order valence-electron chi connectivity index (χ1n) is 8.10. The minimum absolute atomic E-state index is 0.00831. The van der Waals surface area contributed by atoms with Crippen LogP contribution >= 0.6 is 11.6 Å². The van der Waals surface area contributed by atoms with Gasteiger partial charge in [-0.05, 0) is 54.6 Å². The predicted octanol–water partition coefficient (Wildman–Crippen LogP) is 4.15. The van der Waals surface area contributed by atoms with E-state index in [0.29, 0.717) is 10.8 Å². The maximum atomic E-state index is 13.5. The van der Waals surface area contributed by atoms with Gasteiger partial charge in [-0.25, -0.2) is 4.39 Å². The number of amides is 1. The van der Waals surface area contributed by atoms with Gasteiger partial charge in [0.2, 0.25) is 5.78 Å². The van der Waals surface area contributed by atoms with Crippen molar-refractivity contribution in [3.8, 4) is 11.3 Å². The molecule has 27 heavy (non-hydrogen) atoms. The van der Waals surface area contributed by atoms with E-state index in [4.69, 9.17) is 16.0 Å². The van der Waals surface area contributed by atoms with E-state index >= 15 is 0 Å². The van der Waals surface area contributed by atoms with E-state index in [1.54, 1.807) is 30.3 Å². The molecule has 1 aliphatic heterocycles. The van der Waals surface area contributed by atoms with Crippen molar-refractivity contribution in [2.75, 3.05) is 5.32 Å². The third kappa shape index (κ3) is 3.03. The number of aliphatic hydroxyl groups is 1. The molecular weight excluding hydrogens is 373 g/mol. The molecule has 2 heterocycles. The predicted molar refractivity (Wildman–Crippen MR) is 97.0 cm³/mol. The first-order chi connectivity index (χ1) is 12.9. The molecule has 1 amide bonds. The lowest BCUT2D eigenvalue weighted by Crippen LogP contribution is -2.36. The number of carbonyl (C=O) groups is 2. The molecule has 7 heteroatoms. The van der Waals surface area contributed by atoms with Gasteiger partial charge in [-0.15, -0.1) is 0 Å². The van der Waals surface area contributed by atoms with Crippen LogP contribution < -0.4 is 5.32 Å². The lowest BCUT2D eigenvalue weighted by molar-refractivity contribution is -0.133. The van der Waals surface area contributed by atoms with Gasteiger partial charge in [0.25, 0.3) is 5.91 Å². The zero-order chi connectivity index (χ0) is 19.2. The van der Waals surface area contributed by atoms with Gasteiger partial charge in [0, 0.05) is 21.8 Å². The number of furan rings is 1. The summed E-state index contributed by atoms with van der Waals surface area (Å²) < 4.78 is 19.1. The topological polar surface area (TPSA) is 79.5 Å². The highest BCUT2D eigenvalue weighted by Crippen LogP contribution is 2.39. The Morgan fingerprint density at radius 3 is 2.63 bits per heavy atom. The average Bonchev–Trinajstić information content (AvgIpc) is 3.21. The van der Waals surface area contributed by atoms with Crippen molar-refractivity contribution in [3.63, 3.8) is 0 Å². The van der Waals surface area contributed by atoms with Crippen molar-refractivity contribution < 1.29 is 23.5 Å². The van der Waals surface area contributed by atoms with Crippen LogP contribution in [0.15, 0.2) is 59.0 Å². The number of carbonyl (C=O) groups excluding carboxylic acids is 2.